The maximum Gasteiger partial charge on any atom is 0.186 e. The van der Waals surface area contributed by atoms with Crippen LogP contribution in [0.5, 0.6) is 0 Å². The third kappa shape index (κ3) is 2.79. The van der Waals surface area contributed by atoms with E-state index in [2.05, 4.69) is 36.8 Å². The summed E-state index contributed by atoms with van der Waals surface area (Å²) in [6.45, 7) is 0.713. The van der Waals surface area contributed by atoms with Crippen LogP contribution in [0.3, 0.4) is 0 Å². The fourth-order valence-corrected chi connectivity index (χ4v) is 2.13. The van der Waals surface area contributed by atoms with Gasteiger partial charge in [0, 0.05) is 18.4 Å². The maximum absolute atomic E-state index is 9.17. The highest BCUT2D eigenvalue weighted by atomic mass is 15.2. The van der Waals surface area contributed by atoms with Gasteiger partial charge in [0.1, 0.15) is 18.2 Å². The number of hydrogen-bond donors (Lipinski definition) is 2. The first-order valence-electron chi connectivity index (χ1n) is 6.62. The first kappa shape index (κ1) is 13.0. The number of fused-ring (bicyclic) bond motifs is 1. The molecule has 0 spiro atoms. The van der Waals surface area contributed by atoms with Crippen LogP contribution in [0.25, 0.3) is 10.9 Å². The van der Waals surface area contributed by atoms with Gasteiger partial charge in [0.25, 0.3) is 0 Å². The van der Waals surface area contributed by atoms with Gasteiger partial charge in [-0.25, -0.2) is 4.98 Å². The number of aryl methyl sites for hydroxylation is 1. The highest BCUT2D eigenvalue weighted by Crippen LogP contribution is 2.23. The standard InChI is InChI=1S/C14H13N7/c15-8-12-14(10-4-1-2-5-11(10)19-20-12)16-7-3-6-13-17-9-18-21-13/h1-2,4-5,9H,3,6-7H2,(H,16,19)(H,17,18,21). The quantitative estimate of drug-likeness (QED) is 0.688. The monoisotopic (exact) mass is 279 g/mol. The summed E-state index contributed by atoms with van der Waals surface area (Å²) in [5.41, 5.74) is 1.82. The predicted octanol–water partition coefficient (Wildman–Crippen LogP) is 1.66. The molecule has 0 bridgehead atoms. The van der Waals surface area contributed by atoms with Crippen LogP contribution in [0.15, 0.2) is 30.6 Å². The van der Waals surface area contributed by atoms with Gasteiger partial charge in [-0.05, 0) is 12.5 Å². The molecule has 7 heteroatoms. The number of H-pyrrole nitrogens is 1. The van der Waals surface area contributed by atoms with E-state index < -0.39 is 0 Å². The molecule has 7 nitrogen and oxygen atoms in total. The first-order valence-corrected chi connectivity index (χ1v) is 6.62. The van der Waals surface area contributed by atoms with Gasteiger partial charge in [0.2, 0.25) is 0 Å². The molecule has 0 atom stereocenters. The molecular formula is C14H13N7. The lowest BCUT2D eigenvalue weighted by molar-refractivity contribution is 0.805. The summed E-state index contributed by atoms with van der Waals surface area (Å²) in [6, 6.07) is 9.71. The van der Waals surface area contributed by atoms with Gasteiger partial charge in [-0.1, -0.05) is 18.2 Å². The number of aromatic nitrogens is 5. The predicted molar refractivity (Wildman–Crippen MR) is 77.4 cm³/mol. The van der Waals surface area contributed by atoms with Gasteiger partial charge in [-0.3, -0.25) is 5.10 Å². The zero-order valence-electron chi connectivity index (χ0n) is 11.2. The maximum atomic E-state index is 9.17. The smallest absolute Gasteiger partial charge is 0.186 e. The molecule has 0 aliphatic heterocycles. The van der Waals surface area contributed by atoms with Crippen molar-refractivity contribution < 1.29 is 0 Å². The number of nitrogens with one attached hydrogen (secondary N) is 2. The van der Waals surface area contributed by atoms with Crippen LogP contribution in [0, 0.1) is 11.3 Å². The Morgan fingerprint density at radius 2 is 2.14 bits per heavy atom. The minimum Gasteiger partial charge on any atom is -0.382 e. The van der Waals surface area contributed by atoms with Gasteiger partial charge < -0.3 is 5.32 Å². The minimum absolute atomic E-state index is 0.313. The van der Waals surface area contributed by atoms with Crippen LogP contribution in [-0.4, -0.2) is 31.9 Å². The van der Waals surface area contributed by atoms with Crippen molar-refractivity contribution in [2.75, 3.05) is 11.9 Å². The van der Waals surface area contributed by atoms with Crippen LogP contribution in [0.2, 0.25) is 0 Å². The number of nitriles is 1. The largest absolute Gasteiger partial charge is 0.382 e. The van der Waals surface area contributed by atoms with E-state index in [-0.39, 0.29) is 0 Å². The lowest BCUT2D eigenvalue weighted by Gasteiger charge is -2.09. The number of hydrogen-bond acceptors (Lipinski definition) is 6. The fraction of sp³-hybridized carbons (Fsp3) is 0.214. The minimum atomic E-state index is 0.313. The van der Waals surface area contributed by atoms with Crippen LogP contribution in [-0.2, 0) is 6.42 Å². The Labute approximate surface area is 121 Å². The Kier molecular flexibility index (Phi) is 3.69. The van der Waals surface area contributed by atoms with Gasteiger partial charge in [-0.2, -0.15) is 10.4 Å². The van der Waals surface area contributed by atoms with Crippen molar-refractivity contribution in [1.82, 2.24) is 25.4 Å². The molecule has 2 aromatic heterocycles. The van der Waals surface area contributed by atoms with E-state index in [1.165, 1.54) is 6.33 Å². The third-order valence-electron chi connectivity index (χ3n) is 3.13. The molecule has 3 aromatic rings. The van der Waals surface area contributed by atoms with Gasteiger partial charge >= 0.3 is 0 Å². The fourth-order valence-electron chi connectivity index (χ4n) is 2.13. The second kappa shape index (κ2) is 5.96. The van der Waals surface area contributed by atoms with E-state index in [1.807, 2.05) is 24.3 Å². The van der Waals surface area contributed by atoms with Crippen LogP contribution >= 0.6 is 0 Å². The van der Waals surface area contributed by atoms with Crippen molar-refractivity contribution in [3.63, 3.8) is 0 Å². The summed E-state index contributed by atoms with van der Waals surface area (Å²) >= 11 is 0. The molecule has 3 rings (SSSR count). The van der Waals surface area contributed by atoms with Crippen LogP contribution in [0.1, 0.15) is 17.9 Å². The number of aromatic amines is 1. The molecule has 1 aromatic carbocycles. The van der Waals surface area contributed by atoms with Crippen molar-refractivity contribution in [3.05, 3.63) is 42.1 Å². The first-order chi connectivity index (χ1) is 10.4. The van der Waals surface area contributed by atoms with Crippen molar-refractivity contribution >= 4 is 16.6 Å². The summed E-state index contributed by atoms with van der Waals surface area (Å²) in [4.78, 5) is 4.08. The van der Waals surface area contributed by atoms with E-state index in [9.17, 15) is 0 Å². The topological polar surface area (TPSA) is 103 Å². The molecule has 21 heavy (non-hydrogen) atoms. The summed E-state index contributed by atoms with van der Waals surface area (Å²) in [5.74, 6) is 0.856. The summed E-state index contributed by atoms with van der Waals surface area (Å²) in [5, 5.41) is 28.0. The lowest BCUT2D eigenvalue weighted by atomic mass is 10.1. The van der Waals surface area contributed by atoms with E-state index in [1.54, 1.807) is 0 Å². The molecule has 0 fully saturated rings. The second-order valence-electron chi connectivity index (χ2n) is 4.52. The number of rotatable bonds is 5. The molecule has 0 radical (unpaired) electrons. The molecular weight excluding hydrogens is 266 g/mol. The molecule has 0 aliphatic carbocycles. The Bertz CT molecular complexity index is 774. The van der Waals surface area contributed by atoms with Gasteiger partial charge in [0.05, 0.1) is 11.2 Å². The Morgan fingerprint density at radius 1 is 1.24 bits per heavy atom. The molecule has 2 heterocycles. The van der Waals surface area contributed by atoms with E-state index in [0.29, 0.717) is 12.2 Å². The van der Waals surface area contributed by atoms with Crippen LogP contribution < -0.4 is 5.32 Å². The third-order valence-corrected chi connectivity index (χ3v) is 3.13. The van der Waals surface area contributed by atoms with Crippen molar-refractivity contribution in [2.24, 2.45) is 0 Å². The highest BCUT2D eigenvalue weighted by Gasteiger charge is 2.09. The average molecular weight is 279 g/mol. The number of nitrogens with zero attached hydrogens (tertiary/aromatic N) is 5. The Hall–Kier alpha value is -3.01. The Balaban J connectivity index is 1.74. The normalized spacial score (nSPS) is 10.4. The Morgan fingerprint density at radius 3 is 2.95 bits per heavy atom. The van der Waals surface area contributed by atoms with E-state index in [0.717, 1.165) is 35.3 Å². The molecule has 104 valence electrons. The summed E-state index contributed by atoms with van der Waals surface area (Å²) in [7, 11) is 0. The van der Waals surface area contributed by atoms with Crippen LogP contribution in [0.4, 0.5) is 5.69 Å². The zero-order chi connectivity index (χ0) is 14.5. The van der Waals surface area contributed by atoms with E-state index >= 15 is 0 Å². The second-order valence-corrected chi connectivity index (χ2v) is 4.52. The molecule has 0 saturated heterocycles. The van der Waals surface area contributed by atoms with Gasteiger partial charge in [0.15, 0.2) is 5.69 Å². The SMILES string of the molecule is N#Cc1nnc2ccccc2c1NCCCc1ncn[nH]1. The van der Waals surface area contributed by atoms with Crippen molar-refractivity contribution in [2.45, 2.75) is 12.8 Å². The molecule has 0 aliphatic rings. The summed E-state index contributed by atoms with van der Waals surface area (Å²) < 4.78 is 0. The van der Waals surface area contributed by atoms with E-state index in [4.69, 9.17) is 5.26 Å². The molecule has 2 N–H and O–H groups in total. The lowest BCUT2D eigenvalue weighted by Crippen LogP contribution is -2.07. The molecule has 0 amide bonds. The van der Waals surface area contributed by atoms with Crippen molar-refractivity contribution in [3.8, 4) is 6.07 Å². The van der Waals surface area contributed by atoms with Gasteiger partial charge in [-0.15, -0.1) is 10.2 Å². The van der Waals surface area contributed by atoms with Crippen molar-refractivity contribution in [1.29, 1.82) is 5.26 Å². The number of anilines is 1. The highest BCUT2D eigenvalue weighted by molar-refractivity contribution is 5.92. The number of benzene rings is 1. The zero-order valence-corrected chi connectivity index (χ0v) is 11.2. The average Bonchev–Trinajstić information content (AvgIpc) is 3.04. The molecule has 0 saturated carbocycles. The molecule has 0 unspecified atom stereocenters. The summed E-state index contributed by atoms with van der Waals surface area (Å²) in [6.07, 6.45) is 3.17.